The van der Waals surface area contributed by atoms with Gasteiger partial charge in [0.1, 0.15) is 0 Å². The van der Waals surface area contributed by atoms with Gasteiger partial charge in [0.25, 0.3) is 5.95 Å². The van der Waals surface area contributed by atoms with Crippen molar-refractivity contribution in [3.63, 3.8) is 0 Å². The molecule has 12 heavy (non-hydrogen) atoms. The molecule has 1 aromatic heterocycles. The zero-order chi connectivity index (χ0) is 8.81. The molecule has 0 aromatic carbocycles. The number of alkyl halides is 1. The summed E-state index contributed by atoms with van der Waals surface area (Å²) in [6, 6.07) is 3.02. The fourth-order valence-corrected chi connectivity index (χ4v) is 0.716. The molecule has 0 radical (unpaired) electrons. The Morgan fingerprint density at radius 3 is 3.00 bits per heavy atom. The van der Waals surface area contributed by atoms with Crippen molar-refractivity contribution in [3.05, 3.63) is 24.3 Å². The molecule has 0 atom stereocenters. The first-order valence-electron chi connectivity index (χ1n) is 3.64. The highest BCUT2D eigenvalue weighted by Gasteiger charge is 2.01. The molecule has 0 fully saturated rings. The van der Waals surface area contributed by atoms with Crippen molar-refractivity contribution >= 4 is 0 Å². The molecule has 1 rings (SSSR count). The summed E-state index contributed by atoms with van der Waals surface area (Å²) in [5.74, 6) is -0.581. The van der Waals surface area contributed by atoms with Crippen molar-refractivity contribution in [2.24, 2.45) is 0 Å². The van der Waals surface area contributed by atoms with E-state index in [0.717, 1.165) is 0 Å². The van der Waals surface area contributed by atoms with E-state index in [1.54, 1.807) is 6.07 Å². The Labute approximate surface area is 69.2 Å². The molecule has 0 amide bonds. The van der Waals surface area contributed by atoms with E-state index >= 15 is 0 Å². The van der Waals surface area contributed by atoms with Crippen LogP contribution in [0, 0.1) is 5.95 Å². The van der Waals surface area contributed by atoms with Crippen molar-refractivity contribution in [2.75, 3.05) is 13.3 Å². The summed E-state index contributed by atoms with van der Waals surface area (Å²) in [5.41, 5.74) is 0. The van der Waals surface area contributed by atoms with Crippen LogP contribution < -0.4 is 4.74 Å². The van der Waals surface area contributed by atoms with Crippen LogP contribution in [0.15, 0.2) is 18.3 Å². The maximum absolute atomic E-state index is 12.7. The quantitative estimate of drug-likeness (QED) is 0.513. The first kappa shape index (κ1) is 8.90. The Hall–Kier alpha value is -1.19. The topological polar surface area (TPSA) is 22.1 Å². The van der Waals surface area contributed by atoms with Crippen LogP contribution in [0.5, 0.6) is 5.75 Å². The minimum atomic E-state index is -0.656. The number of rotatable bonds is 4. The monoisotopic (exact) mass is 173 g/mol. The second-order valence-corrected chi connectivity index (χ2v) is 2.18. The molecule has 0 aliphatic heterocycles. The highest BCUT2D eigenvalue weighted by atomic mass is 19.1. The van der Waals surface area contributed by atoms with Gasteiger partial charge in [0.05, 0.1) is 13.3 Å². The number of halogens is 2. The van der Waals surface area contributed by atoms with Gasteiger partial charge in [0, 0.05) is 12.6 Å². The summed E-state index contributed by atoms with van der Waals surface area (Å²) < 4.78 is 29.2. The molecule has 66 valence electrons. The van der Waals surface area contributed by atoms with E-state index in [4.69, 9.17) is 4.74 Å². The van der Waals surface area contributed by atoms with Crippen molar-refractivity contribution in [3.8, 4) is 5.75 Å². The summed E-state index contributed by atoms with van der Waals surface area (Å²) in [6.45, 7) is -0.277. The van der Waals surface area contributed by atoms with Gasteiger partial charge in [-0.15, -0.1) is 0 Å². The van der Waals surface area contributed by atoms with Gasteiger partial charge in [0.2, 0.25) is 0 Å². The Morgan fingerprint density at radius 1 is 1.50 bits per heavy atom. The maximum Gasteiger partial charge on any atom is 0.255 e. The normalized spacial score (nSPS) is 9.83. The average molecular weight is 173 g/mol. The standard InChI is InChI=1S/C8H9F2NO/c9-4-2-6-12-7-3-1-5-11-8(7)10/h1,3,5H,2,4,6H2. The average Bonchev–Trinajstić information content (AvgIpc) is 2.09. The number of nitrogens with zero attached hydrogens (tertiary/aromatic N) is 1. The van der Waals surface area contributed by atoms with E-state index in [0.29, 0.717) is 0 Å². The van der Waals surface area contributed by atoms with Gasteiger partial charge < -0.3 is 4.74 Å². The molecule has 2 nitrogen and oxygen atoms in total. The molecule has 0 saturated carbocycles. The summed E-state index contributed by atoms with van der Waals surface area (Å²) in [4.78, 5) is 3.37. The van der Waals surface area contributed by atoms with Crippen LogP contribution >= 0.6 is 0 Å². The molecule has 0 saturated heterocycles. The smallest absolute Gasteiger partial charge is 0.255 e. The number of hydrogen-bond donors (Lipinski definition) is 0. The predicted molar refractivity (Wildman–Crippen MR) is 40.3 cm³/mol. The SMILES string of the molecule is FCCCOc1cccnc1F. The molecular formula is C8H9F2NO. The molecule has 1 aromatic rings. The Morgan fingerprint density at radius 2 is 2.33 bits per heavy atom. The van der Waals surface area contributed by atoms with Crippen LogP contribution in [-0.2, 0) is 0 Å². The second kappa shape index (κ2) is 4.64. The van der Waals surface area contributed by atoms with Crippen LogP contribution in [0.1, 0.15) is 6.42 Å². The minimum absolute atomic E-state index is 0.0750. The lowest BCUT2D eigenvalue weighted by Crippen LogP contribution is -2.00. The van der Waals surface area contributed by atoms with Crippen molar-refractivity contribution in [2.45, 2.75) is 6.42 Å². The van der Waals surface area contributed by atoms with Gasteiger partial charge >= 0.3 is 0 Å². The Bertz CT molecular complexity index is 242. The lowest BCUT2D eigenvalue weighted by atomic mass is 10.4. The van der Waals surface area contributed by atoms with Gasteiger partial charge in [-0.25, -0.2) is 4.98 Å². The third-order valence-electron chi connectivity index (χ3n) is 1.26. The molecule has 0 bridgehead atoms. The second-order valence-electron chi connectivity index (χ2n) is 2.18. The number of hydrogen-bond acceptors (Lipinski definition) is 2. The van der Waals surface area contributed by atoms with E-state index in [1.165, 1.54) is 12.3 Å². The van der Waals surface area contributed by atoms with Crippen LogP contribution in [0.25, 0.3) is 0 Å². The third kappa shape index (κ3) is 2.45. The fraction of sp³-hybridized carbons (Fsp3) is 0.375. The number of aromatic nitrogens is 1. The third-order valence-corrected chi connectivity index (χ3v) is 1.26. The van der Waals surface area contributed by atoms with E-state index in [1.807, 2.05) is 0 Å². The van der Waals surface area contributed by atoms with E-state index in [-0.39, 0.29) is 18.8 Å². The molecule has 0 aliphatic rings. The molecular weight excluding hydrogens is 164 g/mol. The largest absolute Gasteiger partial charge is 0.489 e. The summed E-state index contributed by atoms with van der Waals surface area (Å²) >= 11 is 0. The van der Waals surface area contributed by atoms with Crippen molar-refractivity contribution < 1.29 is 13.5 Å². The highest BCUT2D eigenvalue weighted by Crippen LogP contribution is 2.12. The van der Waals surface area contributed by atoms with E-state index < -0.39 is 12.6 Å². The van der Waals surface area contributed by atoms with Gasteiger partial charge in [-0.1, -0.05) is 0 Å². The van der Waals surface area contributed by atoms with E-state index in [9.17, 15) is 8.78 Å². The molecule has 0 aliphatic carbocycles. The maximum atomic E-state index is 12.7. The molecule has 1 heterocycles. The highest BCUT2D eigenvalue weighted by molar-refractivity contribution is 5.17. The summed E-state index contributed by atoms with van der Waals surface area (Å²) in [6.07, 6.45) is 1.60. The lowest BCUT2D eigenvalue weighted by molar-refractivity contribution is 0.274. The lowest BCUT2D eigenvalue weighted by Gasteiger charge is -2.03. The van der Waals surface area contributed by atoms with Gasteiger partial charge in [-0.2, -0.15) is 4.39 Å². The molecule has 0 spiro atoms. The van der Waals surface area contributed by atoms with Crippen LogP contribution in [0.2, 0.25) is 0 Å². The van der Waals surface area contributed by atoms with Crippen molar-refractivity contribution in [1.29, 1.82) is 0 Å². The Kier molecular flexibility index (Phi) is 3.44. The van der Waals surface area contributed by atoms with Crippen LogP contribution in [0.4, 0.5) is 8.78 Å². The van der Waals surface area contributed by atoms with Crippen molar-refractivity contribution in [1.82, 2.24) is 4.98 Å². The van der Waals surface area contributed by atoms with E-state index in [2.05, 4.69) is 4.98 Å². The first-order valence-corrected chi connectivity index (χ1v) is 3.64. The minimum Gasteiger partial charge on any atom is -0.489 e. The first-order chi connectivity index (χ1) is 5.84. The number of ether oxygens (including phenoxy) is 1. The molecule has 0 unspecified atom stereocenters. The van der Waals surface area contributed by atoms with Gasteiger partial charge in [-0.3, -0.25) is 4.39 Å². The van der Waals surface area contributed by atoms with Gasteiger partial charge in [0.15, 0.2) is 5.75 Å². The van der Waals surface area contributed by atoms with Crippen LogP contribution in [-0.4, -0.2) is 18.3 Å². The Balaban J connectivity index is 2.46. The zero-order valence-corrected chi connectivity index (χ0v) is 6.46. The zero-order valence-electron chi connectivity index (χ0n) is 6.46. The summed E-state index contributed by atoms with van der Waals surface area (Å²) in [5, 5.41) is 0. The predicted octanol–water partition coefficient (Wildman–Crippen LogP) is 1.96. The number of pyridine rings is 1. The molecule has 0 N–H and O–H groups in total. The fourth-order valence-electron chi connectivity index (χ4n) is 0.716. The summed E-state index contributed by atoms with van der Waals surface area (Å²) in [7, 11) is 0. The van der Waals surface area contributed by atoms with Crippen LogP contribution in [0.3, 0.4) is 0 Å². The van der Waals surface area contributed by atoms with Gasteiger partial charge in [-0.05, 0) is 12.1 Å². The molecule has 4 heteroatoms.